The predicted molar refractivity (Wildman–Crippen MR) is 71.9 cm³/mol. The summed E-state index contributed by atoms with van der Waals surface area (Å²) < 4.78 is 19.1. The van der Waals surface area contributed by atoms with E-state index in [-0.39, 0.29) is 11.7 Å². The van der Waals surface area contributed by atoms with E-state index in [1.807, 2.05) is 32.0 Å². The lowest BCUT2D eigenvalue weighted by Crippen LogP contribution is -1.91. The number of hydrogen-bond donors (Lipinski definition) is 0. The van der Waals surface area contributed by atoms with Crippen LogP contribution in [0.3, 0.4) is 0 Å². The first-order valence-electron chi connectivity index (χ1n) is 5.69. The fourth-order valence-electron chi connectivity index (χ4n) is 1.70. The van der Waals surface area contributed by atoms with E-state index in [0.717, 1.165) is 16.9 Å². The molecule has 0 N–H and O–H groups in total. The molecule has 0 unspecified atom stereocenters. The highest BCUT2D eigenvalue weighted by molar-refractivity contribution is 6.17. The smallest absolute Gasteiger partial charge is 0.130 e. The molecule has 0 fully saturated rings. The van der Waals surface area contributed by atoms with Crippen LogP contribution in [0.1, 0.15) is 16.7 Å². The van der Waals surface area contributed by atoms with Crippen LogP contribution in [0.15, 0.2) is 36.4 Å². The van der Waals surface area contributed by atoms with Crippen LogP contribution in [0.5, 0.6) is 11.5 Å². The lowest BCUT2D eigenvalue weighted by molar-refractivity contribution is 0.472. The zero-order chi connectivity index (χ0) is 13.1. The van der Waals surface area contributed by atoms with Crippen LogP contribution >= 0.6 is 11.6 Å². The van der Waals surface area contributed by atoms with E-state index in [4.69, 9.17) is 16.3 Å². The molecule has 0 aliphatic carbocycles. The van der Waals surface area contributed by atoms with E-state index < -0.39 is 0 Å². The molecule has 3 heteroatoms. The number of ether oxygens (including phenoxy) is 1. The maximum Gasteiger partial charge on any atom is 0.130 e. The Balaban J connectivity index is 2.33. The fraction of sp³-hybridized carbons (Fsp3) is 0.200. The highest BCUT2D eigenvalue weighted by Gasteiger charge is 2.05. The van der Waals surface area contributed by atoms with E-state index in [1.54, 1.807) is 6.07 Å². The largest absolute Gasteiger partial charge is 0.457 e. The molecular formula is C15H14ClFO. The summed E-state index contributed by atoms with van der Waals surface area (Å²) in [7, 11) is 0. The van der Waals surface area contributed by atoms with Gasteiger partial charge in [-0.15, -0.1) is 11.6 Å². The second kappa shape index (κ2) is 5.40. The van der Waals surface area contributed by atoms with Gasteiger partial charge in [0, 0.05) is 11.9 Å². The molecule has 18 heavy (non-hydrogen) atoms. The Morgan fingerprint density at radius 2 is 1.89 bits per heavy atom. The van der Waals surface area contributed by atoms with Gasteiger partial charge in [-0.3, -0.25) is 0 Å². The molecule has 0 bridgehead atoms. The quantitative estimate of drug-likeness (QED) is 0.711. The van der Waals surface area contributed by atoms with Gasteiger partial charge in [0.2, 0.25) is 0 Å². The molecule has 1 nitrogen and oxygen atoms in total. The molecule has 2 aromatic rings. The average Bonchev–Trinajstić information content (AvgIpc) is 2.33. The predicted octanol–water partition coefficient (Wildman–Crippen LogP) is 4.97. The molecule has 0 heterocycles. The molecule has 0 spiro atoms. The van der Waals surface area contributed by atoms with Crippen LogP contribution in [0.25, 0.3) is 0 Å². The van der Waals surface area contributed by atoms with Crippen molar-refractivity contribution in [3.8, 4) is 11.5 Å². The summed E-state index contributed by atoms with van der Waals surface area (Å²) in [6.07, 6.45) is 0. The molecule has 0 aliphatic heterocycles. The van der Waals surface area contributed by atoms with Gasteiger partial charge in [-0.1, -0.05) is 12.1 Å². The summed E-state index contributed by atoms with van der Waals surface area (Å²) in [5.74, 6) is 1.13. The summed E-state index contributed by atoms with van der Waals surface area (Å²) in [5, 5.41) is 0. The van der Waals surface area contributed by atoms with Crippen molar-refractivity contribution < 1.29 is 9.13 Å². The molecular weight excluding hydrogens is 251 g/mol. The first-order valence-corrected chi connectivity index (χ1v) is 6.22. The first kappa shape index (κ1) is 12.9. The highest BCUT2D eigenvalue weighted by Crippen LogP contribution is 2.27. The summed E-state index contributed by atoms with van der Waals surface area (Å²) >= 11 is 5.71. The molecule has 0 amide bonds. The molecule has 0 radical (unpaired) electrons. The maximum atomic E-state index is 13.4. The Morgan fingerprint density at radius 3 is 2.61 bits per heavy atom. The molecule has 2 rings (SSSR count). The Labute approximate surface area is 111 Å². The van der Waals surface area contributed by atoms with Crippen molar-refractivity contribution in [1.82, 2.24) is 0 Å². The summed E-state index contributed by atoms with van der Waals surface area (Å²) in [5.41, 5.74) is 2.82. The Kier molecular flexibility index (Phi) is 3.87. The van der Waals surface area contributed by atoms with E-state index in [2.05, 4.69) is 0 Å². The Bertz CT molecular complexity index is 566. The molecule has 0 aromatic heterocycles. The van der Waals surface area contributed by atoms with Gasteiger partial charge in [0.1, 0.15) is 17.3 Å². The van der Waals surface area contributed by atoms with Gasteiger partial charge in [-0.2, -0.15) is 0 Å². The summed E-state index contributed by atoms with van der Waals surface area (Å²) in [4.78, 5) is 0. The maximum absolute atomic E-state index is 13.4. The van der Waals surface area contributed by atoms with Crippen molar-refractivity contribution in [2.75, 3.05) is 0 Å². The second-order valence-corrected chi connectivity index (χ2v) is 4.57. The SMILES string of the molecule is Cc1ccc(C)c(Oc2cc(F)cc(CCl)c2)c1. The van der Waals surface area contributed by atoms with Gasteiger partial charge in [-0.05, 0) is 48.7 Å². The number of hydrogen-bond acceptors (Lipinski definition) is 1. The molecule has 2 aromatic carbocycles. The van der Waals surface area contributed by atoms with Gasteiger partial charge < -0.3 is 4.74 Å². The zero-order valence-corrected chi connectivity index (χ0v) is 11.1. The van der Waals surface area contributed by atoms with Crippen LogP contribution in [0, 0.1) is 19.7 Å². The van der Waals surface area contributed by atoms with Crippen molar-refractivity contribution in [2.45, 2.75) is 19.7 Å². The molecule has 0 atom stereocenters. The van der Waals surface area contributed by atoms with Crippen LogP contribution < -0.4 is 4.74 Å². The Hall–Kier alpha value is -1.54. The minimum absolute atomic E-state index is 0.265. The van der Waals surface area contributed by atoms with E-state index in [1.165, 1.54) is 12.1 Å². The average molecular weight is 265 g/mol. The van der Waals surface area contributed by atoms with Crippen LogP contribution in [-0.4, -0.2) is 0 Å². The van der Waals surface area contributed by atoms with Crippen LogP contribution in [0.4, 0.5) is 4.39 Å². The third-order valence-corrected chi connectivity index (χ3v) is 2.97. The molecule has 0 saturated heterocycles. The third-order valence-electron chi connectivity index (χ3n) is 2.66. The number of rotatable bonds is 3. The number of aryl methyl sites for hydroxylation is 2. The topological polar surface area (TPSA) is 9.23 Å². The van der Waals surface area contributed by atoms with Crippen LogP contribution in [0.2, 0.25) is 0 Å². The lowest BCUT2D eigenvalue weighted by atomic mass is 10.1. The van der Waals surface area contributed by atoms with E-state index in [9.17, 15) is 4.39 Å². The van der Waals surface area contributed by atoms with E-state index >= 15 is 0 Å². The summed E-state index contributed by atoms with van der Waals surface area (Å²) in [6, 6.07) is 10.4. The van der Waals surface area contributed by atoms with Crippen molar-refractivity contribution in [2.24, 2.45) is 0 Å². The number of benzene rings is 2. The minimum atomic E-state index is -0.339. The fourth-order valence-corrected chi connectivity index (χ4v) is 1.86. The van der Waals surface area contributed by atoms with Gasteiger partial charge in [0.05, 0.1) is 0 Å². The normalized spacial score (nSPS) is 10.4. The van der Waals surface area contributed by atoms with Gasteiger partial charge >= 0.3 is 0 Å². The van der Waals surface area contributed by atoms with Crippen molar-refractivity contribution in [3.63, 3.8) is 0 Å². The Morgan fingerprint density at radius 1 is 1.11 bits per heavy atom. The minimum Gasteiger partial charge on any atom is -0.457 e. The highest BCUT2D eigenvalue weighted by atomic mass is 35.5. The van der Waals surface area contributed by atoms with Gasteiger partial charge in [0.25, 0.3) is 0 Å². The first-order chi connectivity index (χ1) is 8.58. The van der Waals surface area contributed by atoms with Gasteiger partial charge in [0.15, 0.2) is 0 Å². The lowest BCUT2D eigenvalue weighted by Gasteiger charge is -2.10. The van der Waals surface area contributed by atoms with Crippen molar-refractivity contribution in [3.05, 3.63) is 58.9 Å². The van der Waals surface area contributed by atoms with Crippen molar-refractivity contribution >= 4 is 11.6 Å². The third kappa shape index (κ3) is 3.02. The standard InChI is InChI=1S/C15H14ClFO/c1-10-3-4-11(2)15(5-10)18-14-7-12(9-16)6-13(17)8-14/h3-8H,9H2,1-2H3. The van der Waals surface area contributed by atoms with Crippen molar-refractivity contribution in [1.29, 1.82) is 0 Å². The molecule has 0 aliphatic rings. The number of halogens is 2. The van der Waals surface area contributed by atoms with Crippen LogP contribution in [-0.2, 0) is 5.88 Å². The van der Waals surface area contributed by atoms with E-state index in [0.29, 0.717) is 11.3 Å². The zero-order valence-electron chi connectivity index (χ0n) is 10.3. The second-order valence-electron chi connectivity index (χ2n) is 4.30. The molecule has 0 saturated carbocycles. The monoisotopic (exact) mass is 264 g/mol. The van der Waals surface area contributed by atoms with Gasteiger partial charge in [-0.25, -0.2) is 4.39 Å². The number of alkyl halides is 1. The molecule has 94 valence electrons. The summed E-state index contributed by atoms with van der Waals surface area (Å²) in [6.45, 7) is 3.94.